The number of anilines is 3. The Kier molecular flexibility index (Phi) is 7.77. The van der Waals surface area contributed by atoms with Crippen LogP contribution in [0.5, 0.6) is 5.75 Å². The topological polar surface area (TPSA) is 57.6 Å². The average molecular weight is 418 g/mol. The first-order valence-corrected chi connectivity index (χ1v) is 9.40. The fourth-order valence-corrected chi connectivity index (χ4v) is 2.92. The molecule has 1 aromatic heterocycles. The molecule has 0 radical (unpaired) electrons. The number of ether oxygens (including phenoxy) is 1. The lowest BCUT2D eigenvalue weighted by molar-refractivity contribution is -0.274. The number of aromatic nitrogens is 1. The molecule has 1 fully saturated rings. The number of hydrogen-bond acceptors (Lipinski definition) is 5. The van der Waals surface area contributed by atoms with Gasteiger partial charge >= 0.3 is 6.36 Å². The Balaban J connectivity index is 0.00000136. The standard InChI is InChI=1S/C17H17ClF3N3O2.C2H6/c18-15-9-12(10-16(23-15)24-7-5-13(25)6-8-24)22-11-1-3-14(4-2-11)26-17(19,20)21;1-2/h1-4,9-10,13,25H,5-8H2,(H,22,23);1-2H3. The molecule has 0 aliphatic carbocycles. The monoisotopic (exact) mass is 417 g/mol. The Labute approximate surface area is 167 Å². The lowest BCUT2D eigenvalue weighted by Gasteiger charge is -2.30. The van der Waals surface area contributed by atoms with Crippen molar-refractivity contribution in [2.24, 2.45) is 0 Å². The van der Waals surface area contributed by atoms with E-state index in [1.165, 1.54) is 24.3 Å². The molecule has 2 heterocycles. The molecule has 1 aliphatic rings. The average Bonchev–Trinajstić information content (AvgIpc) is 2.64. The lowest BCUT2D eigenvalue weighted by Crippen LogP contribution is -2.36. The van der Waals surface area contributed by atoms with Crippen LogP contribution in [-0.4, -0.2) is 35.6 Å². The minimum atomic E-state index is -4.72. The molecule has 2 N–H and O–H groups in total. The molecule has 5 nitrogen and oxygen atoms in total. The summed E-state index contributed by atoms with van der Waals surface area (Å²) in [6.07, 6.45) is -3.68. The molecule has 154 valence electrons. The van der Waals surface area contributed by atoms with Crippen molar-refractivity contribution < 1.29 is 23.0 Å². The highest BCUT2D eigenvalue weighted by Gasteiger charge is 2.30. The summed E-state index contributed by atoms with van der Waals surface area (Å²) in [4.78, 5) is 6.34. The van der Waals surface area contributed by atoms with Crippen molar-refractivity contribution in [2.75, 3.05) is 23.3 Å². The van der Waals surface area contributed by atoms with Gasteiger partial charge < -0.3 is 20.1 Å². The summed E-state index contributed by atoms with van der Waals surface area (Å²) in [5, 5.41) is 13.0. The van der Waals surface area contributed by atoms with Crippen LogP contribution in [0.25, 0.3) is 0 Å². The van der Waals surface area contributed by atoms with E-state index >= 15 is 0 Å². The molecule has 1 aromatic carbocycles. The second-order valence-electron chi connectivity index (χ2n) is 5.95. The predicted molar refractivity (Wildman–Crippen MR) is 104 cm³/mol. The van der Waals surface area contributed by atoms with Gasteiger partial charge in [-0.15, -0.1) is 13.2 Å². The first-order chi connectivity index (χ1) is 13.3. The van der Waals surface area contributed by atoms with Gasteiger partial charge in [0.15, 0.2) is 0 Å². The van der Waals surface area contributed by atoms with Crippen LogP contribution < -0.4 is 15.0 Å². The Morgan fingerprint density at radius 3 is 2.29 bits per heavy atom. The summed E-state index contributed by atoms with van der Waals surface area (Å²) >= 11 is 6.09. The maximum absolute atomic E-state index is 12.2. The van der Waals surface area contributed by atoms with E-state index in [0.29, 0.717) is 48.3 Å². The second kappa shape index (κ2) is 9.84. The number of aliphatic hydroxyl groups excluding tert-OH is 1. The Morgan fingerprint density at radius 2 is 1.71 bits per heavy atom. The fraction of sp³-hybridized carbons (Fsp3) is 0.421. The number of hydrogen-bond donors (Lipinski definition) is 2. The molecule has 28 heavy (non-hydrogen) atoms. The van der Waals surface area contributed by atoms with Crippen molar-refractivity contribution in [2.45, 2.75) is 39.2 Å². The van der Waals surface area contributed by atoms with Crippen molar-refractivity contribution in [3.05, 3.63) is 41.6 Å². The van der Waals surface area contributed by atoms with Crippen LogP contribution in [0.4, 0.5) is 30.4 Å². The zero-order chi connectivity index (χ0) is 20.7. The van der Waals surface area contributed by atoms with Crippen LogP contribution in [0, 0.1) is 0 Å². The Hall–Kier alpha value is -2.19. The van der Waals surface area contributed by atoms with Crippen LogP contribution in [0.3, 0.4) is 0 Å². The molecule has 0 amide bonds. The van der Waals surface area contributed by atoms with Gasteiger partial charge in [0.25, 0.3) is 0 Å². The van der Waals surface area contributed by atoms with Crippen LogP contribution in [0.2, 0.25) is 5.15 Å². The van der Waals surface area contributed by atoms with E-state index in [-0.39, 0.29) is 11.9 Å². The number of halogens is 4. The van der Waals surface area contributed by atoms with Crippen molar-refractivity contribution in [3.63, 3.8) is 0 Å². The Bertz CT molecular complexity index is 749. The molecule has 1 saturated heterocycles. The number of benzene rings is 1. The van der Waals surface area contributed by atoms with Crippen molar-refractivity contribution >= 4 is 28.8 Å². The van der Waals surface area contributed by atoms with Gasteiger partial charge in [-0.1, -0.05) is 25.4 Å². The van der Waals surface area contributed by atoms with E-state index < -0.39 is 6.36 Å². The molecule has 0 bridgehead atoms. The molecule has 0 saturated carbocycles. The van der Waals surface area contributed by atoms with Gasteiger partial charge in [-0.3, -0.25) is 0 Å². The van der Waals surface area contributed by atoms with Crippen molar-refractivity contribution in [1.29, 1.82) is 0 Å². The van der Waals surface area contributed by atoms with Gasteiger partial charge in [0, 0.05) is 30.5 Å². The Morgan fingerprint density at radius 1 is 1.11 bits per heavy atom. The summed E-state index contributed by atoms with van der Waals surface area (Å²) in [5.74, 6) is 0.396. The third-order valence-corrected chi connectivity index (χ3v) is 4.14. The number of pyridine rings is 1. The van der Waals surface area contributed by atoms with Crippen LogP contribution >= 0.6 is 11.6 Å². The van der Waals surface area contributed by atoms with Gasteiger partial charge in [0.05, 0.1) is 6.10 Å². The lowest BCUT2D eigenvalue weighted by atomic mass is 10.1. The van der Waals surface area contributed by atoms with E-state index in [0.717, 1.165) is 0 Å². The molecule has 9 heteroatoms. The first-order valence-electron chi connectivity index (χ1n) is 9.02. The summed E-state index contributed by atoms with van der Waals surface area (Å²) in [5.41, 5.74) is 1.25. The zero-order valence-corrected chi connectivity index (χ0v) is 16.4. The van der Waals surface area contributed by atoms with Gasteiger partial charge in [-0.2, -0.15) is 0 Å². The van der Waals surface area contributed by atoms with E-state index in [1.807, 2.05) is 24.8 Å². The number of aliphatic hydroxyl groups is 1. The van der Waals surface area contributed by atoms with Crippen LogP contribution in [-0.2, 0) is 0 Å². The number of nitrogens with one attached hydrogen (secondary N) is 1. The highest BCUT2D eigenvalue weighted by molar-refractivity contribution is 6.29. The van der Waals surface area contributed by atoms with E-state index in [1.54, 1.807) is 6.07 Å². The van der Waals surface area contributed by atoms with Crippen molar-refractivity contribution in [1.82, 2.24) is 4.98 Å². The number of rotatable bonds is 4. The molecule has 3 rings (SSSR count). The van der Waals surface area contributed by atoms with Gasteiger partial charge in [-0.05, 0) is 43.2 Å². The SMILES string of the molecule is CC.OC1CCN(c2cc(Nc3ccc(OC(F)(F)F)cc3)cc(Cl)n2)CC1. The predicted octanol–water partition coefficient (Wildman–Crippen LogP) is 5.36. The number of alkyl halides is 3. The zero-order valence-electron chi connectivity index (χ0n) is 15.6. The molecule has 2 aromatic rings. The van der Waals surface area contributed by atoms with E-state index in [2.05, 4.69) is 15.0 Å². The quantitative estimate of drug-likeness (QED) is 0.655. The molecule has 0 unspecified atom stereocenters. The number of piperidine rings is 1. The molecule has 0 spiro atoms. The third-order valence-electron chi connectivity index (χ3n) is 3.95. The molecule has 0 atom stereocenters. The maximum atomic E-state index is 12.2. The van der Waals surface area contributed by atoms with Gasteiger partial charge in [0.1, 0.15) is 16.7 Å². The second-order valence-corrected chi connectivity index (χ2v) is 6.34. The van der Waals surface area contributed by atoms with Crippen molar-refractivity contribution in [3.8, 4) is 5.75 Å². The van der Waals surface area contributed by atoms with Gasteiger partial charge in [0.2, 0.25) is 0 Å². The largest absolute Gasteiger partial charge is 0.573 e. The highest BCUT2D eigenvalue weighted by atomic mass is 35.5. The van der Waals surface area contributed by atoms with E-state index in [9.17, 15) is 18.3 Å². The molecular formula is C19H23ClF3N3O2. The smallest absolute Gasteiger partial charge is 0.406 e. The minimum Gasteiger partial charge on any atom is -0.406 e. The fourth-order valence-electron chi connectivity index (χ4n) is 2.72. The maximum Gasteiger partial charge on any atom is 0.573 e. The molecule has 1 aliphatic heterocycles. The van der Waals surface area contributed by atoms with Gasteiger partial charge in [-0.25, -0.2) is 4.98 Å². The summed E-state index contributed by atoms with van der Waals surface area (Å²) in [7, 11) is 0. The van der Waals surface area contributed by atoms with E-state index in [4.69, 9.17) is 11.6 Å². The third kappa shape index (κ3) is 6.76. The highest BCUT2D eigenvalue weighted by Crippen LogP contribution is 2.28. The summed E-state index contributed by atoms with van der Waals surface area (Å²) in [6, 6.07) is 8.85. The van der Waals surface area contributed by atoms with Crippen LogP contribution in [0.1, 0.15) is 26.7 Å². The first kappa shape index (κ1) is 22.1. The molecular weight excluding hydrogens is 395 g/mol. The normalized spacial score (nSPS) is 14.9. The van der Waals surface area contributed by atoms with Crippen LogP contribution in [0.15, 0.2) is 36.4 Å². The summed E-state index contributed by atoms with van der Waals surface area (Å²) < 4.78 is 40.4. The minimum absolute atomic E-state index is 0.289. The number of nitrogens with zero attached hydrogens (tertiary/aromatic N) is 2. The summed E-state index contributed by atoms with van der Waals surface area (Å²) in [6.45, 7) is 5.36.